The minimum atomic E-state index is -0.870. The third-order valence-electron chi connectivity index (χ3n) is 2.15. The van der Waals surface area contributed by atoms with E-state index in [1.807, 2.05) is 0 Å². The highest BCUT2D eigenvalue weighted by Crippen LogP contribution is 2.09. The minimum absolute atomic E-state index is 0.0709. The van der Waals surface area contributed by atoms with Crippen LogP contribution in [0.5, 0.6) is 0 Å². The highest BCUT2D eigenvalue weighted by molar-refractivity contribution is 6.59. The molecule has 0 fully saturated rings. The smallest absolute Gasteiger partial charge is 0.137 e. The molecule has 0 rings (SSSR count). The minimum Gasteiger partial charge on any atom is -0.360 e. The molecule has 0 amide bonds. The van der Waals surface area contributed by atoms with Crippen molar-refractivity contribution in [2.75, 3.05) is 20.8 Å². The standard InChI is InChI=1S/C8H21NO2Si/c1-4-12(7-5-6-9)8(10-2)11-3/h8,12H,4-7,9H2,1-3H3. The van der Waals surface area contributed by atoms with Crippen molar-refractivity contribution < 1.29 is 9.47 Å². The number of methoxy groups -OCH3 is 2. The van der Waals surface area contributed by atoms with Crippen LogP contribution in [0, 0.1) is 0 Å². The molecule has 0 spiro atoms. The summed E-state index contributed by atoms with van der Waals surface area (Å²) in [5.41, 5.74) is 5.46. The Morgan fingerprint density at radius 3 is 2.25 bits per heavy atom. The monoisotopic (exact) mass is 191 g/mol. The normalized spacial score (nSPS) is 13.8. The van der Waals surface area contributed by atoms with Gasteiger partial charge in [0.2, 0.25) is 0 Å². The molecule has 2 N–H and O–H groups in total. The van der Waals surface area contributed by atoms with Crippen molar-refractivity contribution in [1.82, 2.24) is 0 Å². The van der Waals surface area contributed by atoms with Gasteiger partial charge in [-0.3, -0.25) is 0 Å². The molecular formula is C8H21NO2Si. The SMILES string of the molecule is CC[SiH](CCCN)C(OC)OC. The molecule has 0 aliphatic rings. The van der Waals surface area contributed by atoms with E-state index in [0.717, 1.165) is 13.0 Å². The molecule has 0 saturated carbocycles. The van der Waals surface area contributed by atoms with Gasteiger partial charge in [0.1, 0.15) is 14.7 Å². The first-order valence-corrected chi connectivity index (χ1v) is 6.85. The molecule has 0 aromatic heterocycles. The van der Waals surface area contributed by atoms with E-state index in [0.29, 0.717) is 0 Å². The zero-order valence-electron chi connectivity index (χ0n) is 8.38. The lowest BCUT2D eigenvalue weighted by molar-refractivity contribution is -0.0474. The lowest BCUT2D eigenvalue weighted by atomic mass is 10.5. The van der Waals surface area contributed by atoms with E-state index in [2.05, 4.69) is 6.92 Å². The molecule has 12 heavy (non-hydrogen) atoms. The first kappa shape index (κ1) is 12.1. The summed E-state index contributed by atoms with van der Waals surface area (Å²) in [6.07, 6.45) is 1.11. The fraction of sp³-hybridized carbons (Fsp3) is 1.00. The molecule has 0 aromatic carbocycles. The molecule has 0 aromatic rings. The maximum absolute atomic E-state index is 5.46. The van der Waals surface area contributed by atoms with E-state index < -0.39 is 8.80 Å². The maximum Gasteiger partial charge on any atom is 0.137 e. The van der Waals surface area contributed by atoms with Gasteiger partial charge in [0.05, 0.1) is 0 Å². The summed E-state index contributed by atoms with van der Waals surface area (Å²) in [5, 5.41) is 0. The van der Waals surface area contributed by atoms with Gasteiger partial charge in [0, 0.05) is 14.2 Å². The van der Waals surface area contributed by atoms with Crippen LogP contribution < -0.4 is 5.73 Å². The average molecular weight is 191 g/mol. The van der Waals surface area contributed by atoms with Gasteiger partial charge in [-0.1, -0.05) is 19.0 Å². The van der Waals surface area contributed by atoms with E-state index >= 15 is 0 Å². The van der Waals surface area contributed by atoms with E-state index in [1.165, 1.54) is 12.1 Å². The summed E-state index contributed by atoms with van der Waals surface area (Å²) in [7, 11) is 2.56. The Morgan fingerprint density at radius 2 is 1.92 bits per heavy atom. The lowest BCUT2D eigenvalue weighted by Crippen LogP contribution is -2.33. The maximum atomic E-state index is 5.46. The topological polar surface area (TPSA) is 44.5 Å². The summed E-state index contributed by atoms with van der Waals surface area (Å²) in [4.78, 5) is 0. The average Bonchev–Trinajstić information content (AvgIpc) is 2.12. The largest absolute Gasteiger partial charge is 0.360 e. The molecule has 0 aliphatic carbocycles. The molecule has 0 radical (unpaired) electrons. The van der Waals surface area contributed by atoms with Gasteiger partial charge in [-0.05, 0) is 13.0 Å². The third kappa shape index (κ3) is 4.20. The molecule has 74 valence electrons. The van der Waals surface area contributed by atoms with Gasteiger partial charge in [0.25, 0.3) is 0 Å². The Labute approximate surface area is 76.8 Å². The molecule has 0 bridgehead atoms. The Kier molecular flexibility index (Phi) is 7.79. The second-order valence-corrected chi connectivity index (χ2v) is 6.40. The van der Waals surface area contributed by atoms with E-state index in [-0.39, 0.29) is 5.91 Å². The van der Waals surface area contributed by atoms with Crippen molar-refractivity contribution >= 4 is 8.80 Å². The van der Waals surface area contributed by atoms with Crippen LogP contribution >= 0.6 is 0 Å². The highest BCUT2D eigenvalue weighted by atomic mass is 28.3. The molecule has 3 nitrogen and oxygen atoms in total. The number of nitrogens with two attached hydrogens (primary N) is 1. The number of hydrogen-bond acceptors (Lipinski definition) is 3. The number of rotatable bonds is 7. The fourth-order valence-corrected chi connectivity index (χ4v) is 3.99. The number of hydrogen-bond donors (Lipinski definition) is 1. The van der Waals surface area contributed by atoms with Gasteiger partial charge >= 0.3 is 0 Å². The second kappa shape index (κ2) is 7.73. The summed E-state index contributed by atoms with van der Waals surface area (Å²) in [6, 6.07) is 2.44. The summed E-state index contributed by atoms with van der Waals surface area (Å²) >= 11 is 0. The Hall–Kier alpha value is 0.0969. The Bertz CT molecular complexity index is 99.1. The quantitative estimate of drug-likeness (QED) is 0.477. The van der Waals surface area contributed by atoms with Crippen LogP contribution in [-0.2, 0) is 9.47 Å². The van der Waals surface area contributed by atoms with Crippen molar-refractivity contribution in [1.29, 1.82) is 0 Å². The Balaban J connectivity index is 3.75. The van der Waals surface area contributed by atoms with Crippen LogP contribution in [0.4, 0.5) is 0 Å². The first-order valence-electron chi connectivity index (χ1n) is 4.55. The van der Waals surface area contributed by atoms with Crippen molar-refractivity contribution in [2.45, 2.75) is 31.3 Å². The molecule has 1 atom stereocenters. The summed E-state index contributed by atoms with van der Waals surface area (Å²) in [5.74, 6) is 0.0709. The second-order valence-electron chi connectivity index (χ2n) is 2.94. The predicted octanol–water partition coefficient (Wildman–Crippen LogP) is 0.740. The van der Waals surface area contributed by atoms with Gasteiger partial charge in [0.15, 0.2) is 0 Å². The third-order valence-corrected chi connectivity index (χ3v) is 5.67. The zero-order valence-corrected chi connectivity index (χ0v) is 9.53. The van der Waals surface area contributed by atoms with E-state index in [9.17, 15) is 0 Å². The van der Waals surface area contributed by atoms with Gasteiger partial charge < -0.3 is 15.2 Å². The van der Waals surface area contributed by atoms with Crippen LogP contribution in [0.1, 0.15) is 13.3 Å². The summed E-state index contributed by atoms with van der Waals surface area (Å²) in [6.45, 7) is 2.99. The lowest BCUT2D eigenvalue weighted by Gasteiger charge is -2.21. The van der Waals surface area contributed by atoms with Gasteiger partial charge in [-0.15, -0.1) is 0 Å². The van der Waals surface area contributed by atoms with Crippen molar-refractivity contribution in [3.8, 4) is 0 Å². The van der Waals surface area contributed by atoms with Crippen molar-refractivity contribution in [3.05, 3.63) is 0 Å². The van der Waals surface area contributed by atoms with Crippen molar-refractivity contribution in [2.24, 2.45) is 5.73 Å². The summed E-state index contributed by atoms with van der Waals surface area (Å²) < 4.78 is 10.5. The van der Waals surface area contributed by atoms with E-state index in [4.69, 9.17) is 15.2 Å². The molecule has 0 aliphatic heterocycles. The van der Waals surface area contributed by atoms with Crippen LogP contribution in [0.25, 0.3) is 0 Å². The van der Waals surface area contributed by atoms with E-state index in [1.54, 1.807) is 14.2 Å². The van der Waals surface area contributed by atoms with Gasteiger partial charge in [-0.2, -0.15) is 0 Å². The van der Waals surface area contributed by atoms with Crippen LogP contribution in [0.3, 0.4) is 0 Å². The molecule has 4 heteroatoms. The van der Waals surface area contributed by atoms with Gasteiger partial charge in [-0.25, -0.2) is 0 Å². The fourth-order valence-electron chi connectivity index (χ4n) is 1.39. The Morgan fingerprint density at radius 1 is 1.33 bits per heavy atom. The van der Waals surface area contributed by atoms with Crippen LogP contribution in [-0.4, -0.2) is 35.5 Å². The van der Waals surface area contributed by atoms with Crippen molar-refractivity contribution in [3.63, 3.8) is 0 Å². The predicted molar refractivity (Wildman–Crippen MR) is 53.9 cm³/mol. The van der Waals surface area contributed by atoms with Crippen LogP contribution in [0.2, 0.25) is 12.1 Å². The number of ether oxygens (including phenoxy) is 2. The molecule has 0 saturated heterocycles. The molecular weight excluding hydrogens is 170 g/mol. The first-order chi connectivity index (χ1) is 5.79. The van der Waals surface area contributed by atoms with Crippen LogP contribution in [0.15, 0.2) is 0 Å². The highest BCUT2D eigenvalue weighted by Gasteiger charge is 2.19. The zero-order chi connectivity index (χ0) is 9.40. The molecule has 0 heterocycles. The molecule has 1 unspecified atom stereocenters.